The molecule has 6 nitrogen and oxygen atoms in total. The molecule has 0 spiro atoms. The van der Waals surface area contributed by atoms with Crippen LogP contribution in [0.1, 0.15) is 12.8 Å². The summed E-state index contributed by atoms with van der Waals surface area (Å²) in [5.74, 6) is -0.405. The van der Waals surface area contributed by atoms with Crippen LogP contribution in [0, 0.1) is 0 Å². The number of amides is 2. The molecule has 0 aliphatic rings. The average molecular weight is 218 g/mol. The molecule has 0 fully saturated rings. The Hall–Kier alpha value is -1.14. The lowest BCUT2D eigenvalue weighted by Gasteiger charge is -2.04. The maximum Gasteiger partial charge on any atom is 0.220 e. The fraction of sp³-hybridized carbons (Fsp3) is 0.778. The number of rotatable bonds is 8. The van der Waals surface area contributed by atoms with E-state index in [4.69, 9.17) is 9.84 Å². The summed E-state index contributed by atoms with van der Waals surface area (Å²) < 4.78 is 4.75. The molecule has 6 heteroatoms. The highest BCUT2D eigenvalue weighted by molar-refractivity contribution is 5.83. The highest BCUT2D eigenvalue weighted by Gasteiger charge is 2.05. The molecule has 0 radical (unpaired) electrons. The summed E-state index contributed by atoms with van der Waals surface area (Å²) in [6, 6.07) is 0. The first kappa shape index (κ1) is 13.9. The van der Waals surface area contributed by atoms with E-state index in [1.807, 2.05) is 0 Å². The molecule has 15 heavy (non-hydrogen) atoms. The molecule has 0 heterocycles. The number of ether oxygens (including phenoxy) is 1. The van der Waals surface area contributed by atoms with E-state index in [1.165, 1.54) is 0 Å². The fourth-order valence-corrected chi connectivity index (χ4v) is 0.892. The van der Waals surface area contributed by atoms with Crippen molar-refractivity contribution in [3.8, 4) is 0 Å². The predicted octanol–water partition coefficient (Wildman–Crippen LogP) is -1.36. The number of hydrogen-bond acceptors (Lipinski definition) is 4. The van der Waals surface area contributed by atoms with Crippen LogP contribution >= 0.6 is 0 Å². The molecule has 0 unspecified atom stereocenters. The molecule has 0 saturated carbocycles. The van der Waals surface area contributed by atoms with E-state index in [0.29, 0.717) is 13.2 Å². The Balaban J connectivity index is 3.40. The summed E-state index contributed by atoms with van der Waals surface area (Å²) in [5, 5.41) is 13.5. The molecule has 0 bridgehead atoms. The Labute approximate surface area is 89.0 Å². The fourth-order valence-electron chi connectivity index (χ4n) is 0.892. The van der Waals surface area contributed by atoms with Gasteiger partial charge in [0.15, 0.2) is 0 Å². The number of aliphatic hydroxyl groups excluding tert-OH is 1. The first-order valence-electron chi connectivity index (χ1n) is 4.84. The lowest BCUT2D eigenvalue weighted by Crippen LogP contribution is -2.30. The van der Waals surface area contributed by atoms with E-state index in [-0.39, 0.29) is 37.8 Å². The molecule has 0 atom stereocenters. The van der Waals surface area contributed by atoms with E-state index in [9.17, 15) is 9.59 Å². The van der Waals surface area contributed by atoms with Crippen molar-refractivity contribution in [2.24, 2.45) is 0 Å². The minimum absolute atomic E-state index is 0.0915. The van der Waals surface area contributed by atoms with Crippen molar-refractivity contribution in [2.45, 2.75) is 12.8 Å². The van der Waals surface area contributed by atoms with Crippen LogP contribution in [-0.2, 0) is 14.3 Å². The highest BCUT2D eigenvalue weighted by Crippen LogP contribution is 1.88. The van der Waals surface area contributed by atoms with Gasteiger partial charge in [-0.2, -0.15) is 0 Å². The van der Waals surface area contributed by atoms with Crippen LogP contribution in [-0.4, -0.2) is 50.3 Å². The second-order valence-electron chi connectivity index (χ2n) is 2.92. The molecule has 0 aliphatic heterocycles. The number of carbonyl (C=O) groups is 2. The highest BCUT2D eigenvalue weighted by atomic mass is 16.5. The van der Waals surface area contributed by atoms with Crippen molar-refractivity contribution < 1.29 is 19.4 Å². The van der Waals surface area contributed by atoms with E-state index in [0.717, 1.165) is 0 Å². The first-order chi connectivity index (χ1) is 7.20. The first-order valence-corrected chi connectivity index (χ1v) is 4.84. The van der Waals surface area contributed by atoms with Crippen LogP contribution in [0.15, 0.2) is 0 Å². The smallest absolute Gasteiger partial charge is 0.220 e. The van der Waals surface area contributed by atoms with Crippen molar-refractivity contribution in [1.29, 1.82) is 0 Å². The van der Waals surface area contributed by atoms with Gasteiger partial charge in [-0.1, -0.05) is 0 Å². The van der Waals surface area contributed by atoms with Gasteiger partial charge in [0, 0.05) is 33.0 Å². The quantitative estimate of drug-likeness (QED) is 0.439. The van der Waals surface area contributed by atoms with Gasteiger partial charge >= 0.3 is 0 Å². The van der Waals surface area contributed by atoms with E-state index < -0.39 is 0 Å². The Morgan fingerprint density at radius 1 is 1.13 bits per heavy atom. The molecule has 0 aliphatic carbocycles. The van der Waals surface area contributed by atoms with Crippen molar-refractivity contribution in [1.82, 2.24) is 10.6 Å². The van der Waals surface area contributed by atoms with Gasteiger partial charge in [-0.15, -0.1) is 0 Å². The van der Waals surface area contributed by atoms with Gasteiger partial charge < -0.3 is 20.5 Å². The topological polar surface area (TPSA) is 87.7 Å². The molecule has 88 valence electrons. The van der Waals surface area contributed by atoms with Gasteiger partial charge in [-0.25, -0.2) is 0 Å². The maximum absolute atomic E-state index is 11.1. The summed E-state index contributed by atoms with van der Waals surface area (Å²) in [4.78, 5) is 22.1. The third-order valence-corrected chi connectivity index (χ3v) is 1.64. The van der Waals surface area contributed by atoms with Gasteiger partial charge in [0.25, 0.3) is 0 Å². The number of methoxy groups -OCH3 is 1. The zero-order chi connectivity index (χ0) is 11.5. The molecular weight excluding hydrogens is 200 g/mol. The monoisotopic (exact) mass is 218 g/mol. The molecule has 2 amide bonds. The van der Waals surface area contributed by atoms with Gasteiger partial charge in [-0.05, 0) is 0 Å². The summed E-state index contributed by atoms with van der Waals surface area (Å²) in [6.45, 7) is 1.05. The number of nitrogens with one attached hydrogen (secondary N) is 2. The second kappa shape index (κ2) is 9.42. The van der Waals surface area contributed by atoms with Crippen molar-refractivity contribution in [3.63, 3.8) is 0 Å². The predicted molar refractivity (Wildman–Crippen MR) is 54.2 cm³/mol. The zero-order valence-corrected chi connectivity index (χ0v) is 8.91. The van der Waals surface area contributed by atoms with Crippen LogP contribution in [0.3, 0.4) is 0 Å². The van der Waals surface area contributed by atoms with Gasteiger partial charge in [-0.3, -0.25) is 9.59 Å². The molecule has 0 aromatic rings. The Bertz CT molecular complexity index is 197. The molecular formula is C9H18N2O4. The zero-order valence-electron chi connectivity index (χ0n) is 8.91. The average Bonchev–Trinajstić information content (AvgIpc) is 2.24. The van der Waals surface area contributed by atoms with E-state index >= 15 is 0 Å². The van der Waals surface area contributed by atoms with Crippen molar-refractivity contribution in [3.05, 3.63) is 0 Å². The second-order valence-corrected chi connectivity index (χ2v) is 2.92. The normalized spacial score (nSPS) is 9.73. The SMILES string of the molecule is COCCNC(=O)CCC(=O)NCCO. The minimum Gasteiger partial charge on any atom is -0.395 e. The number of carbonyl (C=O) groups excluding carboxylic acids is 2. The van der Waals surface area contributed by atoms with Crippen molar-refractivity contribution >= 4 is 11.8 Å². The lowest BCUT2D eigenvalue weighted by molar-refractivity contribution is -0.126. The molecule has 0 aromatic carbocycles. The lowest BCUT2D eigenvalue weighted by atomic mass is 10.3. The van der Waals surface area contributed by atoms with Crippen LogP contribution in [0.2, 0.25) is 0 Å². The van der Waals surface area contributed by atoms with Gasteiger partial charge in [0.05, 0.1) is 13.2 Å². The van der Waals surface area contributed by atoms with E-state index in [1.54, 1.807) is 7.11 Å². The van der Waals surface area contributed by atoms with Crippen LogP contribution in [0.25, 0.3) is 0 Å². The largest absolute Gasteiger partial charge is 0.395 e. The summed E-state index contributed by atoms with van der Waals surface area (Å²) in [6.07, 6.45) is 0.291. The molecule has 0 rings (SSSR count). The van der Waals surface area contributed by atoms with Crippen LogP contribution in [0.4, 0.5) is 0 Å². The third kappa shape index (κ3) is 9.17. The Morgan fingerprint density at radius 2 is 1.67 bits per heavy atom. The number of aliphatic hydroxyl groups is 1. The Kier molecular flexibility index (Phi) is 8.70. The molecule has 0 aromatic heterocycles. The van der Waals surface area contributed by atoms with E-state index in [2.05, 4.69) is 10.6 Å². The summed E-state index contributed by atoms with van der Waals surface area (Å²) in [7, 11) is 1.55. The maximum atomic E-state index is 11.1. The number of hydrogen-bond donors (Lipinski definition) is 3. The Morgan fingerprint density at radius 3 is 2.13 bits per heavy atom. The van der Waals surface area contributed by atoms with Crippen LogP contribution < -0.4 is 10.6 Å². The summed E-state index contributed by atoms with van der Waals surface area (Å²) in [5.41, 5.74) is 0. The standard InChI is InChI=1S/C9H18N2O4/c1-15-7-5-11-9(14)3-2-8(13)10-4-6-12/h12H,2-7H2,1H3,(H,10,13)(H,11,14). The third-order valence-electron chi connectivity index (χ3n) is 1.64. The molecule has 3 N–H and O–H groups in total. The van der Waals surface area contributed by atoms with Gasteiger partial charge in [0.2, 0.25) is 11.8 Å². The molecule has 0 saturated heterocycles. The summed E-state index contributed by atoms with van der Waals surface area (Å²) >= 11 is 0. The van der Waals surface area contributed by atoms with Crippen LogP contribution in [0.5, 0.6) is 0 Å². The van der Waals surface area contributed by atoms with Gasteiger partial charge in [0.1, 0.15) is 0 Å². The van der Waals surface area contributed by atoms with Crippen molar-refractivity contribution in [2.75, 3.05) is 33.4 Å². The minimum atomic E-state index is -0.231.